The van der Waals surface area contributed by atoms with E-state index < -0.39 is 40.9 Å². The fourth-order valence-electron chi connectivity index (χ4n) is 0.979. The molecule has 0 saturated carbocycles. The van der Waals surface area contributed by atoms with Gasteiger partial charge in [-0.2, -0.15) is 0 Å². The molecule has 1 aromatic carbocycles. The number of carbonyl (C=O) groups is 2. The van der Waals surface area contributed by atoms with Crippen molar-refractivity contribution in [3.63, 3.8) is 0 Å². The number of carboxylic acid groups (broad SMARTS) is 2. The molecule has 0 radical (unpaired) electrons. The quantitative estimate of drug-likeness (QED) is 0.350. The van der Waals surface area contributed by atoms with Crippen LogP contribution in [0, 0.1) is 0 Å². The van der Waals surface area contributed by atoms with Crippen molar-refractivity contribution < 1.29 is 46.1 Å². The van der Waals surface area contributed by atoms with E-state index in [2.05, 4.69) is 0 Å². The molecule has 0 bridgehead atoms. The van der Waals surface area contributed by atoms with Crippen LogP contribution < -0.4 is 15.7 Å². The van der Waals surface area contributed by atoms with Crippen molar-refractivity contribution in [2.75, 3.05) is 0 Å². The van der Waals surface area contributed by atoms with Crippen LogP contribution in [-0.4, -0.2) is 19.8 Å². The molecule has 0 heterocycles. The van der Waals surface area contributed by atoms with Crippen LogP contribution in [0.5, 0.6) is 0 Å². The van der Waals surface area contributed by atoms with E-state index in [0.717, 1.165) is 0 Å². The first-order valence-corrected chi connectivity index (χ1v) is 4.72. The van der Waals surface area contributed by atoms with E-state index in [1.165, 1.54) is 0 Å². The van der Waals surface area contributed by atoms with Crippen LogP contribution in [0.15, 0.2) is 18.2 Å². The Bertz CT molecular complexity index is 493. The average molecular weight is 312 g/mol. The summed E-state index contributed by atoms with van der Waals surface area (Å²) in [4.78, 5) is 17.9. The third kappa shape index (κ3) is 6.68. The van der Waals surface area contributed by atoms with E-state index in [-0.39, 0.29) is 6.07 Å². The van der Waals surface area contributed by atoms with Gasteiger partial charge in [-0.25, -0.2) is 0 Å². The van der Waals surface area contributed by atoms with Gasteiger partial charge < -0.3 is 19.8 Å². The van der Waals surface area contributed by atoms with Crippen LogP contribution >= 0.6 is 0 Å². The van der Waals surface area contributed by atoms with Gasteiger partial charge in [-0.1, -0.05) is 0 Å². The summed E-state index contributed by atoms with van der Waals surface area (Å²) < 4.78 is 72.7. The summed E-state index contributed by atoms with van der Waals surface area (Å²) in [6, 6.07) is 0.931. The number of halogens is 6. The summed E-state index contributed by atoms with van der Waals surface area (Å²) in [7, 11) is 4.95. The van der Waals surface area contributed by atoms with Gasteiger partial charge in [0.2, 0.25) is 0 Å². The molecular weight excluding hydrogens is 309 g/mol. The normalized spacial score (nSPS) is 11.4. The Morgan fingerprint density at radius 3 is 1.29 bits per heavy atom. The summed E-state index contributed by atoms with van der Waals surface area (Å²) in [5, 5.41) is 17.9. The Morgan fingerprint density at radius 2 is 1.10 bits per heavy atom. The SMILES string of the molecule is O=C([O-])C(=O)[O-].[B+2]c1cc(C(F)(F)F)cc(C(F)(F)F)c1. The minimum absolute atomic E-state index is 0.0242. The van der Waals surface area contributed by atoms with E-state index in [0.29, 0.717) is 12.1 Å². The maximum absolute atomic E-state index is 12.1. The topological polar surface area (TPSA) is 80.3 Å². The summed E-state index contributed by atoms with van der Waals surface area (Å²) >= 11 is 0. The van der Waals surface area contributed by atoms with Gasteiger partial charge in [0.15, 0.2) is 0 Å². The van der Waals surface area contributed by atoms with Gasteiger partial charge in [0.05, 0.1) is 11.9 Å². The van der Waals surface area contributed by atoms with Crippen LogP contribution in [0.25, 0.3) is 0 Å². The fourth-order valence-corrected chi connectivity index (χ4v) is 0.979. The Balaban J connectivity index is 0.000000567. The maximum atomic E-state index is 12.1. The predicted octanol–water partition coefficient (Wildman–Crippen LogP) is -0.996. The summed E-state index contributed by atoms with van der Waals surface area (Å²) in [6.45, 7) is 0. The van der Waals surface area contributed by atoms with E-state index >= 15 is 0 Å². The molecule has 1 aromatic rings. The van der Waals surface area contributed by atoms with Crippen LogP contribution in [0.3, 0.4) is 0 Å². The summed E-state index contributed by atoms with van der Waals surface area (Å²) in [6.07, 6.45) is -9.68. The molecule has 112 valence electrons. The third-order valence-electron chi connectivity index (χ3n) is 1.78. The molecule has 0 N–H and O–H groups in total. The molecule has 0 atom stereocenters. The van der Waals surface area contributed by atoms with E-state index in [9.17, 15) is 26.3 Å². The standard InChI is InChI=1S/C8H3BF6.C2H2O4/c9-6-2-4(7(10,11)12)1-5(3-6)8(13,14)15;3-1(4)2(5)6/h1-3H;(H,3,4)(H,5,6)/q+2;/p-2. The average Bonchev–Trinajstić information content (AvgIpc) is 2.26. The van der Waals surface area contributed by atoms with Gasteiger partial charge in [0.25, 0.3) is 0 Å². The van der Waals surface area contributed by atoms with Crippen molar-refractivity contribution >= 4 is 25.2 Å². The molecule has 21 heavy (non-hydrogen) atoms. The van der Waals surface area contributed by atoms with Gasteiger partial charge in [-0.05, 0) is 0 Å². The first-order chi connectivity index (χ1) is 9.25. The number of rotatable bonds is 0. The third-order valence-corrected chi connectivity index (χ3v) is 1.78. The second-order valence-corrected chi connectivity index (χ2v) is 3.41. The van der Waals surface area contributed by atoms with Crippen LogP contribution in [-0.2, 0) is 21.9 Å². The molecule has 0 aliphatic carbocycles. The molecule has 0 aliphatic rings. The van der Waals surface area contributed by atoms with Gasteiger partial charge in [0.1, 0.15) is 0 Å². The number of alkyl halides is 6. The van der Waals surface area contributed by atoms with Gasteiger partial charge in [0, 0.05) is 0 Å². The van der Waals surface area contributed by atoms with Crippen molar-refractivity contribution in [1.29, 1.82) is 0 Å². The van der Waals surface area contributed by atoms with E-state index in [4.69, 9.17) is 27.6 Å². The molecule has 0 aliphatic heterocycles. The first-order valence-electron chi connectivity index (χ1n) is 4.72. The number of carboxylic acids is 2. The summed E-state index contributed by atoms with van der Waals surface area (Å²) in [5.74, 6) is -4.37. The summed E-state index contributed by atoms with van der Waals surface area (Å²) in [5.41, 5.74) is -3.39. The Morgan fingerprint density at radius 1 is 0.810 bits per heavy atom. The Labute approximate surface area is 114 Å². The number of carbonyl (C=O) groups excluding carboxylic acids is 2. The van der Waals surface area contributed by atoms with Crippen LogP contribution in [0.2, 0.25) is 0 Å². The minimum atomic E-state index is -4.84. The molecule has 0 aromatic heterocycles. The van der Waals surface area contributed by atoms with Crippen molar-refractivity contribution in [2.24, 2.45) is 0 Å². The molecule has 1 rings (SSSR count). The Kier molecular flexibility index (Phi) is 5.82. The zero-order valence-electron chi connectivity index (χ0n) is 9.71. The molecule has 0 amide bonds. The van der Waals surface area contributed by atoms with E-state index in [1.807, 2.05) is 0 Å². The molecule has 4 nitrogen and oxygen atoms in total. The van der Waals surface area contributed by atoms with Crippen LogP contribution in [0.4, 0.5) is 26.3 Å². The van der Waals surface area contributed by atoms with Crippen molar-refractivity contribution in [1.82, 2.24) is 0 Å². The number of hydrogen-bond acceptors (Lipinski definition) is 4. The van der Waals surface area contributed by atoms with Crippen LogP contribution in [0.1, 0.15) is 11.1 Å². The number of aliphatic carboxylic acids is 2. The van der Waals surface area contributed by atoms with Gasteiger partial charge in [-0.15, -0.1) is 0 Å². The number of hydrogen-bond donors (Lipinski definition) is 0. The van der Waals surface area contributed by atoms with Crippen molar-refractivity contribution in [2.45, 2.75) is 12.4 Å². The zero-order chi connectivity index (χ0) is 17.0. The molecule has 0 unspecified atom stereocenters. The zero-order valence-corrected chi connectivity index (χ0v) is 9.71. The monoisotopic (exact) mass is 312 g/mol. The van der Waals surface area contributed by atoms with Gasteiger partial charge >= 0.3 is 81.3 Å². The first kappa shape index (κ1) is 18.8. The molecule has 0 spiro atoms. The molecular formula is C10H3BF6O4. The van der Waals surface area contributed by atoms with Crippen molar-refractivity contribution in [3.8, 4) is 0 Å². The number of benzene rings is 1. The van der Waals surface area contributed by atoms with E-state index in [1.54, 1.807) is 0 Å². The second-order valence-electron chi connectivity index (χ2n) is 3.41. The fraction of sp³-hybridized carbons (Fsp3) is 0.200. The Hall–Kier alpha value is -2.20. The molecule has 0 fully saturated rings. The second kappa shape index (κ2) is 6.50. The van der Waals surface area contributed by atoms with Gasteiger partial charge in [-0.3, -0.25) is 0 Å². The van der Waals surface area contributed by atoms with Crippen molar-refractivity contribution in [3.05, 3.63) is 29.3 Å². The molecule has 0 saturated heterocycles. The molecule has 11 heteroatoms. The predicted molar refractivity (Wildman–Crippen MR) is 51.8 cm³/mol.